The number of carboxylic acid groups (broad SMARTS) is 1. The highest BCUT2D eigenvalue weighted by Crippen LogP contribution is 2.51. The third-order valence-electron chi connectivity index (χ3n) is 5.01. The Morgan fingerprint density at radius 3 is 2.64 bits per heavy atom. The van der Waals surface area contributed by atoms with Crippen LogP contribution >= 0.6 is 0 Å². The molecule has 0 bridgehead atoms. The molecule has 2 aromatic rings. The van der Waals surface area contributed by atoms with E-state index in [1.807, 2.05) is 0 Å². The highest BCUT2D eigenvalue weighted by atomic mass is 32.2. The Kier molecular flexibility index (Phi) is 4.74. The summed E-state index contributed by atoms with van der Waals surface area (Å²) in [6.07, 6.45) is -1.09. The van der Waals surface area contributed by atoms with Crippen molar-refractivity contribution in [2.45, 2.75) is 35.5 Å². The van der Waals surface area contributed by atoms with E-state index in [4.69, 9.17) is 14.6 Å². The first-order chi connectivity index (χ1) is 13.4. The Labute approximate surface area is 161 Å². The van der Waals surface area contributed by atoms with Crippen molar-refractivity contribution >= 4 is 16.0 Å². The fourth-order valence-electron chi connectivity index (χ4n) is 3.84. The van der Waals surface area contributed by atoms with Gasteiger partial charge in [0, 0.05) is 17.9 Å². The number of rotatable bonds is 6. The lowest BCUT2D eigenvalue weighted by atomic mass is 9.94. The number of ether oxygens (including phenoxy) is 2. The first-order valence-electron chi connectivity index (χ1n) is 8.76. The Bertz CT molecular complexity index is 993. The summed E-state index contributed by atoms with van der Waals surface area (Å²) < 4.78 is 39.2. The van der Waals surface area contributed by atoms with Crippen molar-refractivity contribution < 1.29 is 32.9 Å². The van der Waals surface area contributed by atoms with E-state index in [0.717, 1.165) is 0 Å². The van der Waals surface area contributed by atoms with Gasteiger partial charge in [0.25, 0.3) is 0 Å². The van der Waals surface area contributed by atoms with E-state index < -0.39 is 46.8 Å². The quantitative estimate of drug-likeness (QED) is 0.658. The molecule has 0 radical (unpaired) electrons. The largest absolute Gasteiger partial charge is 0.485 e. The van der Waals surface area contributed by atoms with E-state index in [-0.39, 0.29) is 17.1 Å². The van der Waals surface area contributed by atoms with Crippen molar-refractivity contribution in [3.05, 3.63) is 54.1 Å². The van der Waals surface area contributed by atoms with Gasteiger partial charge in [0.1, 0.15) is 6.10 Å². The molecule has 0 saturated heterocycles. The number of benzene rings is 2. The van der Waals surface area contributed by atoms with Gasteiger partial charge in [0.2, 0.25) is 10.0 Å². The van der Waals surface area contributed by atoms with Crippen LogP contribution in [-0.4, -0.2) is 49.5 Å². The van der Waals surface area contributed by atoms with E-state index >= 15 is 0 Å². The molecule has 1 aliphatic carbocycles. The summed E-state index contributed by atoms with van der Waals surface area (Å²) in [4.78, 5) is 10.9. The lowest BCUT2D eigenvalue weighted by Crippen LogP contribution is -2.43. The molecule has 28 heavy (non-hydrogen) atoms. The molecule has 2 aliphatic rings. The molecule has 3 unspecified atom stereocenters. The third-order valence-corrected chi connectivity index (χ3v) is 6.48. The standard InChI is InChI=1S/C19H19NO7S/c21-13-9-15-17(18(13)20-28(24,25)11-5-2-1-3-6-11)12-7-4-8-14(19(12)27-15)26-10-16(22)23/h1-8,13,15,17-18,20-21H,9-10H2,(H,22,23)/t13?,15?,17-,18?/m0/s1. The molecule has 8 nitrogen and oxygen atoms in total. The van der Waals surface area contributed by atoms with Crippen LogP contribution in [0.15, 0.2) is 53.4 Å². The Balaban J connectivity index is 1.63. The zero-order chi connectivity index (χ0) is 19.9. The van der Waals surface area contributed by atoms with Crippen LogP contribution in [0.25, 0.3) is 0 Å². The van der Waals surface area contributed by atoms with Crippen LogP contribution in [0.4, 0.5) is 0 Å². The predicted molar refractivity (Wildman–Crippen MR) is 97.9 cm³/mol. The topological polar surface area (TPSA) is 122 Å². The molecule has 148 valence electrons. The summed E-state index contributed by atoms with van der Waals surface area (Å²) in [6, 6.07) is 12.2. The smallest absolute Gasteiger partial charge is 0.341 e. The average molecular weight is 405 g/mol. The van der Waals surface area contributed by atoms with Crippen LogP contribution in [0.1, 0.15) is 17.9 Å². The summed E-state index contributed by atoms with van der Waals surface area (Å²) in [5.41, 5.74) is 0.685. The van der Waals surface area contributed by atoms with Crippen LogP contribution < -0.4 is 14.2 Å². The highest BCUT2D eigenvalue weighted by molar-refractivity contribution is 7.89. The van der Waals surface area contributed by atoms with Gasteiger partial charge in [-0.25, -0.2) is 17.9 Å². The number of hydrogen-bond acceptors (Lipinski definition) is 6. The van der Waals surface area contributed by atoms with Crippen LogP contribution in [0.5, 0.6) is 11.5 Å². The molecular weight excluding hydrogens is 386 g/mol. The molecule has 3 N–H and O–H groups in total. The Morgan fingerprint density at radius 1 is 1.18 bits per heavy atom. The minimum absolute atomic E-state index is 0.114. The van der Waals surface area contributed by atoms with E-state index in [0.29, 0.717) is 11.3 Å². The monoisotopic (exact) mass is 405 g/mol. The molecule has 1 heterocycles. The second-order valence-corrected chi connectivity index (χ2v) is 8.52. The molecule has 4 rings (SSSR count). The molecule has 2 aromatic carbocycles. The minimum Gasteiger partial charge on any atom is -0.485 e. The maximum atomic E-state index is 12.7. The molecule has 9 heteroatoms. The molecule has 1 fully saturated rings. The highest BCUT2D eigenvalue weighted by Gasteiger charge is 2.51. The third kappa shape index (κ3) is 3.32. The molecular formula is C19H19NO7S. The second-order valence-electron chi connectivity index (χ2n) is 6.80. The maximum absolute atomic E-state index is 12.7. The van der Waals surface area contributed by atoms with Gasteiger partial charge < -0.3 is 19.7 Å². The number of para-hydroxylation sites is 1. The SMILES string of the molecule is O=C(O)COc1cccc2c1OC1CC(O)C(NS(=O)(=O)c3ccccc3)[C@@H]21. The fraction of sp³-hybridized carbons (Fsp3) is 0.316. The van der Waals surface area contributed by atoms with E-state index in [1.165, 1.54) is 12.1 Å². The number of sulfonamides is 1. The zero-order valence-electron chi connectivity index (χ0n) is 14.7. The number of aliphatic carboxylic acids is 1. The summed E-state index contributed by atoms with van der Waals surface area (Å²) in [5, 5.41) is 19.3. The maximum Gasteiger partial charge on any atom is 0.341 e. The van der Waals surface area contributed by atoms with Gasteiger partial charge in [-0.3, -0.25) is 0 Å². The normalized spacial score (nSPS) is 25.6. The molecule has 1 saturated carbocycles. The van der Waals surface area contributed by atoms with Crippen molar-refractivity contribution in [3.8, 4) is 11.5 Å². The number of aliphatic hydroxyl groups is 1. The number of nitrogens with one attached hydrogen (secondary N) is 1. The van der Waals surface area contributed by atoms with Crippen molar-refractivity contribution in [1.29, 1.82) is 0 Å². The number of hydrogen-bond donors (Lipinski definition) is 3. The van der Waals surface area contributed by atoms with Crippen LogP contribution in [0, 0.1) is 0 Å². The predicted octanol–water partition coefficient (Wildman–Crippen LogP) is 1.11. The zero-order valence-corrected chi connectivity index (χ0v) is 15.5. The summed E-state index contributed by atoms with van der Waals surface area (Å²) in [7, 11) is -3.82. The van der Waals surface area contributed by atoms with Gasteiger partial charge >= 0.3 is 5.97 Å². The van der Waals surface area contributed by atoms with E-state index in [2.05, 4.69) is 4.72 Å². The van der Waals surface area contributed by atoms with Gasteiger partial charge in [-0.05, 0) is 18.2 Å². The van der Waals surface area contributed by atoms with Gasteiger partial charge in [-0.1, -0.05) is 30.3 Å². The summed E-state index contributed by atoms with van der Waals surface area (Å²) >= 11 is 0. The van der Waals surface area contributed by atoms with Crippen LogP contribution in [-0.2, 0) is 14.8 Å². The van der Waals surface area contributed by atoms with Crippen molar-refractivity contribution in [1.82, 2.24) is 4.72 Å². The van der Waals surface area contributed by atoms with Gasteiger partial charge in [-0.15, -0.1) is 0 Å². The van der Waals surface area contributed by atoms with Crippen LogP contribution in [0.2, 0.25) is 0 Å². The number of carboxylic acids is 1. The molecule has 4 atom stereocenters. The molecule has 0 amide bonds. The van der Waals surface area contributed by atoms with Gasteiger partial charge in [0.05, 0.1) is 17.0 Å². The fourth-order valence-corrected chi connectivity index (χ4v) is 5.16. The molecule has 0 spiro atoms. The van der Waals surface area contributed by atoms with E-state index in [1.54, 1.807) is 36.4 Å². The Morgan fingerprint density at radius 2 is 1.93 bits per heavy atom. The molecule has 1 aliphatic heterocycles. The van der Waals surface area contributed by atoms with Crippen molar-refractivity contribution in [3.63, 3.8) is 0 Å². The number of fused-ring (bicyclic) bond motifs is 3. The van der Waals surface area contributed by atoms with Crippen LogP contribution in [0.3, 0.4) is 0 Å². The van der Waals surface area contributed by atoms with Gasteiger partial charge in [0.15, 0.2) is 18.1 Å². The summed E-state index contributed by atoms with van der Waals surface area (Å²) in [6.45, 7) is -0.512. The minimum atomic E-state index is -3.82. The number of aliphatic hydroxyl groups excluding tert-OH is 1. The lowest BCUT2D eigenvalue weighted by Gasteiger charge is -2.22. The average Bonchev–Trinajstić information content (AvgIpc) is 3.17. The Hall–Kier alpha value is -2.62. The molecule has 0 aromatic heterocycles. The first-order valence-corrected chi connectivity index (χ1v) is 10.2. The van der Waals surface area contributed by atoms with E-state index in [9.17, 15) is 18.3 Å². The lowest BCUT2D eigenvalue weighted by molar-refractivity contribution is -0.139. The van der Waals surface area contributed by atoms with Gasteiger partial charge in [-0.2, -0.15) is 0 Å². The number of carbonyl (C=O) groups is 1. The second kappa shape index (κ2) is 7.08. The first kappa shape index (κ1) is 18.7. The summed E-state index contributed by atoms with van der Waals surface area (Å²) in [5.74, 6) is -0.834. The van der Waals surface area contributed by atoms with Crippen molar-refractivity contribution in [2.75, 3.05) is 6.61 Å². The van der Waals surface area contributed by atoms with Crippen molar-refractivity contribution in [2.24, 2.45) is 0 Å².